The number of rotatable bonds is 6. The molecule has 0 aromatic heterocycles. The molecule has 0 fully saturated rings. The molecular weight excluding hydrogens is 321 g/mol. The molecule has 0 heterocycles. The van der Waals surface area contributed by atoms with Crippen molar-refractivity contribution in [3.8, 4) is 0 Å². The molecule has 3 aromatic carbocycles. The summed E-state index contributed by atoms with van der Waals surface area (Å²) in [5.41, 5.74) is 1.09. The van der Waals surface area contributed by atoms with Crippen molar-refractivity contribution in [3.05, 3.63) is 78.1 Å². The molecule has 0 radical (unpaired) electrons. The Kier molecular flexibility index (Phi) is 5.49. The minimum Gasteiger partial charge on any atom is -0.352 e. The van der Waals surface area contributed by atoms with E-state index in [0.717, 1.165) is 10.5 Å². The highest BCUT2D eigenvalue weighted by atomic mass is 32.2. The highest BCUT2D eigenvalue weighted by Crippen LogP contribution is 2.19. The first kappa shape index (κ1) is 16.5. The molecule has 0 saturated carbocycles. The number of benzene rings is 3. The van der Waals surface area contributed by atoms with E-state index < -0.39 is 0 Å². The molecule has 0 aliphatic rings. The van der Waals surface area contributed by atoms with E-state index in [2.05, 4.69) is 29.6 Å². The fourth-order valence-electron chi connectivity index (χ4n) is 2.43. The number of fused-ring (bicyclic) bond motifs is 1. The van der Waals surface area contributed by atoms with Crippen molar-refractivity contribution in [2.75, 3.05) is 5.75 Å². The number of carbonyl (C=O) groups excluding carboxylic acids is 1. The Morgan fingerprint density at radius 2 is 1.71 bits per heavy atom. The molecule has 2 nitrogen and oxygen atoms in total. The molecule has 1 amide bonds. The summed E-state index contributed by atoms with van der Waals surface area (Å²) < 4.78 is 12.8. The van der Waals surface area contributed by atoms with E-state index >= 15 is 0 Å². The molecular formula is C20H18FNOS. The van der Waals surface area contributed by atoms with Gasteiger partial charge in [0, 0.05) is 23.6 Å². The van der Waals surface area contributed by atoms with Crippen molar-refractivity contribution in [2.45, 2.75) is 17.9 Å². The zero-order chi connectivity index (χ0) is 16.8. The van der Waals surface area contributed by atoms with Gasteiger partial charge in [0.15, 0.2) is 0 Å². The Bertz CT molecular complexity index is 832. The number of nitrogens with one attached hydrogen (secondary N) is 1. The molecule has 0 bridgehead atoms. The normalized spacial score (nSPS) is 10.7. The number of amides is 1. The third kappa shape index (κ3) is 4.59. The molecule has 1 N–H and O–H groups in total. The van der Waals surface area contributed by atoms with Crippen LogP contribution >= 0.6 is 11.8 Å². The summed E-state index contributed by atoms with van der Waals surface area (Å²) in [4.78, 5) is 12.9. The highest BCUT2D eigenvalue weighted by molar-refractivity contribution is 7.99. The average molecular weight is 339 g/mol. The Morgan fingerprint density at radius 1 is 0.958 bits per heavy atom. The van der Waals surface area contributed by atoms with Crippen molar-refractivity contribution < 1.29 is 9.18 Å². The van der Waals surface area contributed by atoms with E-state index in [1.54, 1.807) is 23.9 Å². The lowest BCUT2D eigenvalue weighted by Gasteiger charge is -2.07. The smallest absolute Gasteiger partial charge is 0.221 e. The number of thioether (sulfide) groups is 1. The second-order valence-corrected chi connectivity index (χ2v) is 6.68. The molecule has 3 rings (SSSR count). The van der Waals surface area contributed by atoms with Crippen molar-refractivity contribution >= 4 is 28.4 Å². The summed E-state index contributed by atoms with van der Waals surface area (Å²) in [5.74, 6) is 0.458. The lowest BCUT2D eigenvalue weighted by Crippen LogP contribution is -2.22. The fourth-order valence-corrected chi connectivity index (χ4v) is 3.28. The van der Waals surface area contributed by atoms with Gasteiger partial charge in [-0.15, -0.1) is 11.8 Å². The fraction of sp³-hybridized carbons (Fsp3) is 0.150. The van der Waals surface area contributed by atoms with E-state index in [4.69, 9.17) is 0 Å². The Morgan fingerprint density at radius 3 is 2.50 bits per heavy atom. The van der Waals surface area contributed by atoms with E-state index in [1.807, 2.05) is 18.2 Å². The minimum absolute atomic E-state index is 0.0257. The second-order valence-electron chi connectivity index (χ2n) is 5.51. The van der Waals surface area contributed by atoms with Gasteiger partial charge in [-0.25, -0.2) is 4.39 Å². The number of hydrogen-bond acceptors (Lipinski definition) is 2. The molecule has 0 aliphatic carbocycles. The zero-order valence-electron chi connectivity index (χ0n) is 13.2. The van der Waals surface area contributed by atoms with Gasteiger partial charge in [-0.3, -0.25) is 4.79 Å². The molecule has 122 valence electrons. The van der Waals surface area contributed by atoms with Gasteiger partial charge in [0.2, 0.25) is 5.91 Å². The molecule has 4 heteroatoms. The average Bonchev–Trinajstić information content (AvgIpc) is 2.61. The van der Waals surface area contributed by atoms with Crippen LogP contribution in [0.3, 0.4) is 0 Å². The third-order valence-electron chi connectivity index (χ3n) is 3.72. The molecule has 24 heavy (non-hydrogen) atoms. The largest absolute Gasteiger partial charge is 0.352 e. The molecule has 3 aromatic rings. The van der Waals surface area contributed by atoms with Gasteiger partial charge < -0.3 is 5.32 Å². The first-order chi connectivity index (χ1) is 11.7. The molecule has 0 aliphatic heterocycles. The highest BCUT2D eigenvalue weighted by Gasteiger charge is 2.03. The zero-order valence-corrected chi connectivity index (χ0v) is 14.0. The second kappa shape index (κ2) is 7.97. The van der Waals surface area contributed by atoms with Crippen molar-refractivity contribution in [2.24, 2.45) is 0 Å². The molecule has 0 unspecified atom stereocenters. The quantitative estimate of drug-likeness (QED) is 0.655. The summed E-state index contributed by atoms with van der Waals surface area (Å²) >= 11 is 1.55. The lowest BCUT2D eigenvalue weighted by atomic mass is 10.1. The maximum atomic E-state index is 12.8. The van der Waals surface area contributed by atoms with Crippen LogP contribution in [0.15, 0.2) is 71.6 Å². The molecule has 0 atom stereocenters. The summed E-state index contributed by atoms with van der Waals surface area (Å²) in [6, 6.07) is 20.7. The van der Waals surface area contributed by atoms with E-state index in [-0.39, 0.29) is 11.7 Å². The summed E-state index contributed by atoms with van der Waals surface area (Å²) in [6.07, 6.45) is 0.440. The van der Waals surface area contributed by atoms with Crippen LogP contribution in [0.2, 0.25) is 0 Å². The van der Waals surface area contributed by atoms with Crippen LogP contribution in [0.1, 0.15) is 12.0 Å². The van der Waals surface area contributed by atoms with Crippen molar-refractivity contribution in [1.82, 2.24) is 5.32 Å². The van der Waals surface area contributed by atoms with Gasteiger partial charge in [-0.2, -0.15) is 0 Å². The van der Waals surface area contributed by atoms with Crippen LogP contribution in [0.4, 0.5) is 4.39 Å². The van der Waals surface area contributed by atoms with E-state index in [9.17, 15) is 9.18 Å². The van der Waals surface area contributed by atoms with Gasteiger partial charge in [-0.05, 0) is 46.7 Å². The standard InChI is InChI=1S/C20H18FNOS/c21-18-7-9-19(10-8-18)24-12-11-20(23)22-14-15-5-6-16-3-1-2-4-17(16)13-15/h1-10,13H,11-12,14H2,(H,22,23). The van der Waals surface area contributed by atoms with Crippen LogP contribution in [0, 0.1) is 5.82 Å². The summed E-state index contributed by atoms with van der Waals surface area (Å²) in [7, 11) is 0. The maximum Gasteiger partial charge on any atom is 0.221 e. The number of halogens is 1. The molecule has 0 spiro atoms. The Labute approximate surface area is 145 Å². The van der Waals surface area contributed by atoms with Gasteiger partial charge in [0.25, 0.3) is 0 Å². The topological polar surface area (TPSA) is 29.1 Å². The van der Waals surface area contributed by atoms with Crippen molar-refractivity contribution in [3.63, 3.8) is 0 Å². The third-order valence-corrected chi connectivity index (χ3v) is 4.73. The first-order valence-corrected chi connectivity index (χ1v) is 8.82. The Balaban J connectivity index is 1.45. The van der Waals surface area contributed by atoms with Crippen molar-refractivity contribution in [1.29, 1.82) is 0 Å². The van der Waals surface area contributed by atoms with Gasteiger partial charge in [0.05, 0.1) is 0 Å². The van der Waals surface area contributed by atoms with Gasteiger partial charge >= 0.3 is 0 Å². The van der Waals surface area contributed by atoms with E-state index in [1.165, 1.54) is 22.9 Å². The van der Waals surface area contributed by atoms with Crippen LogP contribution < -0.4 is 5.32 Å². The first-order valence-electron chi connectivity index (χ1n) is 7.83. The van der Waals surface area contributed by atoms with Gasteiger partial charge in [0.1, 0.15) is 5.82 Å². The lowest BCUT2D eigenvalue weighted by molar-refractivity contribution is -0.120. The van der Waals surface area contributed by atoms with E-state index in [0.29, 0.717) is 18.7 Å². The minimum atomic E-state index is -0.243. The maximum absolute atomic E-state index is 12.8. The number of carbonyl (C=O) groups is 1. The monoisotopic (exact) mass is 339 g/mol. The van der Waals surface area contributed by atoms with Gasteiger partial charge in [-0.1, -0.05) is 36.4 Å². The molecule has 0 saturated heterocycles. The van der Waals surface area contributed by atoms with Crippen LogP contribution in [-0.2, 0) is 11.3 Å². The predicted octanol–water partition coefficient (Wildman–Crippen LogP) is 4.78. The predicted molar refractivity (Wildman–Crippen MR) is 97.5 cm³/mol. The van der Waals surface area contributed by atoms with Crippen LogP contribution in [0.5, 0.6) is 0 Å². The Hall–Kier alpha value is -2.33. The van der Waals surface area contributed by atoms with Crippen LogP contribution in [-0.4, -0.2) is 11.7 Å². The van der Waals surface area contributed by atoms with Crippen LogP contribution in [0.25, 0.3) is 10.8 Å². The summed E-state index contributed by atoms with van der Waals surface area (Å²) in [6.45, 7) is 0.533. The SMILES string of the molecule is O=C(CCSc1ccc(F)cc1)NCc1ccc2ccccc2c1. The number of hydrogen-bond donors (Lipinski definition) is 1. The summed E-state index contributed by atoms with van der Waals surface area (Å²) in [5, 5.41) is 5.32.